The lowest BCUT2D eigenvalue weighted by Crippen LogP contribution is -2.03. The second-order valence-electron chi connectivity index (χ2n) is 6.87. The number of halogens is 5. The molecule has 0 spiro atoms. The Bertz CT molecular complexity index is 1230. The van der Waals surface area contributed by atoms with Crippen LogP contribution in [0.5, 0.6) is 0 Å². The first kappa shape index (κ1) is 22.0. The number of aromatic nitrogens is 2. The molecule has 0 saturated carbocycles. The highest BCUT2D eigenvalue weighted by atomic mass is 32.2. The quantitative estimate of drug-likeness (QED) is 0.180. The van der Waals surface area contributed by atoms with E-state index < -0.39 is 23.4 Å². The van der Waals surface area contributed by atoms with Gasteiger partial charge < -0.3 is 0 Å². The topological polar surface area (TPSA) is 25.8 Å². The average molecular weight is 458 g/mol. The van der Waals surface area contributed by atoms with E-state index in [0.29, 0.717) is 16.2 Å². The molecule has 4 aromatic rings. The molecule has 0 radical (unpaired) electrons. The van der Waals surface area contributed by atoms with Crippen LogP contribution in [-0.2, 0) is 6.18 Å². The number of alkyl halides is 3. The van der Waals surface area contributed by atoms with Gasteiger partial charge in [-0.1, -0.05) is 42.5 Å². The van der Waals surface area contributed by atoms with Gasteiger partial charge in [-0.25, -0.2) is 18.7 Å². The maximum Gasteiger partial charge on any atom is 0.416 e. The second kappa shape index (κ2) is 8.70. The Hall–Kier alpha value is -3.26. The van der Waals surface area contributed by atoms with Crippen LogP contribution in [-0.4, -0.2) is 16.2 Å². The fourth-order valence-electron chi connectivity index (χ4n) is 3.25. The highest BCUT2D eigenvalue weighted by molar-refractivity contribution is 7.98. The van der Waals surface area contributed by atoms with Gasteiger partial charge in [0, 0.05) is 11.8 Å². The van der Waals surface area contributed by atoms with Crippen LogP contribution in [0.4, 0.5) is 22.0 Å². The number of hydrogen-bond donors (Lipinski definition) is 0. The first-order valence-electron chi connectivity index (χ1n) is 9.41. The first-order chi connectivity index (χ1) is 15.3. The summed E-state index contributed by atoms with van der Waals surface area (Å²) in [4.78, 5) is 8.50. The zero-order valence-corrected chi connectivity index (χ0v) is 17.4. The van der Waals surface area contributed by atoms with Crippen LogP contribution in [0.15, 0.2) is 78.0 Å². The number of benzene rings is 3. The van der Waals surface area contributed by atoms with Crippen molar-refractivity contribution in [1.29, 1.82) is 0 Å². The molecule has 0 atom stereocenters. The van der Waals surface area contributed by atoms with Crippen LogP contribution in [0.1, 0.15) is 5.56 Å². The van der Waals surface area contributed by atoms with Crippen molar-refractivity contribution in [2.45, 2.75) is 11.2 Å². The molecule has 1 heterocycles. The molecule has 0 aliphatic rings. The van der Waals surface area contributed by atoms with Crippen LogP contribution in [0.25, 0.3) is 33.6 Å². The number of hydrogen-bond acceptors (Lipinski definition) is 3. The van der Waals surface area contributed by atoms with E-state index in [9.17, 15) is 22.0 Å². The molecule has 0 bridgehead atoms. The van der Waals surface area contributed by atoms with E-state index in [-0.39, 0.29) is 11.4 Å². The van der Waals surface area contributed by atoms with Gasteiger partial charge in [-0.2, -0.15) is 13.2 Å². The maximum atomic E-state index is 14.1. The van der Waals surface area contributed by atoms with Crippen molar-refractivity contribution in [3.05, 3.63) is 90.1 Å². The summed E-state index contributed by atoms with van der Waals surface area (Å²) in [7, 11) is 0. The molecule has 2 nitrogen and oxygen atoms in total. The van der Waals surface area contributed by atoms with E-state index in [2.05, 4.69) is 9.97 Å². The van der Waals surface area contributed by atoms with Gasteiger partial charge in [0.2, 0.25) is 0 Å². The summed E-state index contributed by atoms with van der Waals surface area (Å²) >= 11 is 1.31. The highest BCUT2D eigenvalue weighted by Crippen LogP contribution is 2.34. The largest absolute Gasteiger partial charge is 0.416 e. The van der Waals surface area contributed by atoms with Crippen molar-refractivity contribution in [2.75, 3.05) is 6.26 Å². The van der Waals surface area contributed by atoms with Gasteiger partial charge in [0.25, 0.3) is 0 Å². The summed E-state index contributed by atoms with van der Waals surface area (Å²) < 4.78 is 66.5. The van der Waals surface area contributed by atoms with E-state index in [1.807, 2.05) is 0 Å². The molecular formula is C24H15F5N2S. The van der Waals surface area contributed by atoms with E-state index in [0.717, 1.165) is 35.4 Å². The average Bonchev–Trinajstić information content (AvgIpc) is 2.78. The van der Waals surface area contributed by atoms with Gasteiger partial charge in [0.1, 0.15) is 16.7 Å². The maximum absolute atomic E-state index is 14.1. The minimum atomic E-state index is -4.38. The molecule has 0 fully saturated rings. The van der Waals surface area contributed by atoms with E-state index in [1.165, 1.54) is 36.2 Å². The molecule has 0 unspecified atom stereocenters. The summed E-state index contributed by atoms with van der Waals surface area (Å²) in [6, 6.07) is 15.7. The minimum Gasteiger partial charge on any atom is -0.236 e. The third-order valence-corrected chi connectivity index (χ3v) is 5.57. The Morgan fingerprint density at radius 3 is 1.81 bits per heavy atom. The van der Waals surface area contributed by atoms with Crippen LogP contribution in [0.2, 0.25) is 0 Å². The molecule has 32 heavy (non-hydrogen) atoms. The second-order valence-corrected chi connectivity index (χ2v) is 7.66. The van der Waals surface area contributed by atoms with Gasteiger partial charge >= 0.3 is 6.18 Å². The predicted octanol–water partition coefficient (Wildman–Crippen LogP) is 7.50. The Balaban J connectivity index is 1.66. The van der Waals surface area contributed by atoms with Crippen LogP contribution < -0.4 is 0 Å². The van der Waals surface area contributed by atoms with Crippen molar-refractivity contribution >= 4 is 11.8 Å². The smallest absolute Gasteiger partial charge is 0.236 e. The summed E-state index contributed by atoms with van der Waals surface area (Å²) in [5.74, 6) is -1.54. The van der Waals surface area contributed by atoms with Gasteiger partial charge in [-0.3, -0.25) is 0 Å². The predicted molar refractivity (Wildman–Crippen MR) is 115 cm³/mol. The van der Waals surface area contributed by atoms with E-state index in [4.69, 9.17) is 0 Å². The Morgan fingerprint density at radius 1 is 0.750 bits per heavy atom. The zero-order valence-electron chi connectivity index (χ0n) is 16.6. The van der Waals surface area contributed by atoms with Crippen molar-refractivity contribution in [3.63, 3.8) is 0 Å². The van der Waals surface area contributed by atoms with Crippen molar-refractivity contribution < 1.29 is 22.0 Å². The van der Waals surface area contributed by atoms with Gasteiger partial charge in [-0.05, 0) is 47.2 Å². The fourth-order valence-corrected chi connectivity index (χ4v) is 3.81. The van der Waals surface area contributed by atoms with Gasteiger partial charge in [-0.15, -0.1) is 11.8 Å². The SMILES string of the molecule is CSc1nc(-c2c(F)cccc2F)ncc1-c1ccc(-c2ccc(C(F)(F)F)cc2)cc1. The van der Waals surface area contributed by atoms with Crippen molar-refractivity contribution in [2.24, 2.45) is 0 Å². The molecule has 162 valence electrons. The Labute approximate surface area is 185 Å². The molecule has 4 rings (SSSR count). The van der Waals surface area contributed by atoms with E-state index >= 15 is 0 Å². The van der Waals surface area contributed by atoms with E-state index in [1.54, 1.807) is 30.5 Å². The van der Waals surface area contributed by atoms with Crippen molar-refractivity contribution in [1.82, 2.24) is 9.97 Å². The Morgan fingerprint density at radius 2 is 1.28 bits per heavy atom. The summed E-state index contributed by atoms with van der Waals surface area (Å²) in [5, 5.41) is 0.542. The molecule has 0 N–H and O–H groups in total. The fraction of sp³-hybridized carbons (Fsp3) is 0.0833. The lowest BCUT2D eigenvalue weighted by molar-refractivity contribution is -0.137. The summed E-state index contributed by atoms with van der Waals surface area (Å²) in [5.41, 5.74) is 1.86. The zero-order chi connectivity index (χ0) is 22.9. The highest BCUT2D eigenvalue weighted by Gasteiger charge is 2.30. The summed E-state index contributed by atoms with van der Waals surface area (Å²) in [6.45, 7) is 0. The summed E-state index contributed by atoms with van der Waals surface area (Å²) in [6.07, 6.45) is -1.08. The van der Waals surface area contributed by atoms with Crippen molar-refractivity contribution in [3.8, 4) is 33.6 Å². The molecule has 0 saturated heterocycles. The molecule has 0 amide bonds. The monoisotopic (exact) mass is 458 g/mol. The minimum absolute atomic E-state index is 0.0462. The molecule has 8 heteroatoms. The van der Waals surface area contributed by atoms with Crippen LogP contribution in [0, 0.1) is 11.6 Å². The van der Waals surface area contributed by atoms with Gasteiger partial charge in [0.15, 0.2) is 5.82 Å². The lowest BCUT2D eigenvalue weighted by atomic mass is 10.0. The first-order valence-corrected chi connectivity index (χ1v) is 10.6. The lowest BCUT2D eigenvalue weighted by Gasteiger charge is -2.11. The molecule has 0 aliphatic heterocycles. The van der Waals surface area contributed by atoms with Crippen LogP contribution in [0.3, 0.4) is 0 Å². The third-order valence-electron chi connectivity index (χ3n) is 4.87. The Kier molecular flexibility index (Phi) is 5.97. The van der Waals surface area contributed by atoms with Crippen LogP contribution >= 0.6 is 11.8 Å². The molecule has 3 aromatic carbocycles. The number of thioether (sulfide) groups is 1. The molecular weight excluding hydrogens is 443 g/mol. The van der Waals surface area contributed by atoms with Gasteiger partial charge in [0.05, 0.1) is 11.1 Å². The number of rotatable bonds is 4. The molecule has 0 aliphatic carbocycles. The normalized spacial score (nSPS) is 11.6. The third kappa shape index (κ3) is 4.36. The molecule has 1 aromatic heterocycles. The number of nitrogens with zero attached hydrogens (tertiary/aromatic N) is 2. The standard InChI is InChI=1S/C24H15F5N2S/c1-32-23-18(13-30-22(31-23)21-19(25)3-2-4-20(21)26)16-7-5-14(6-8-16)15-9-11-17(12-10-15)24(27,28)29/h2-13H,1H3.